The lowest BCUT2D eigenvalue weighted by Gasteiger charge is -2.19. The largest absolute Gasteiger partial charge is 0.394 e. The highest BCUT2D eigenvalue weighted by atomic mass is 16.3. The van der Waals surface area contributed by atoms with Crippen LogP contribution in [-0.2, 0) is 12.8 Å². The van der Waals surface area contributed by atoms with Crippen molar-refractivity contribution in [2.45, 2.75) is 52.1 Å². The molecule has 0 fully saturated rings. The van der Waals surface area contributed by atoms with Crippen LogP contribution in [0.2, 0.25) is 0 Å². The summed E-state index contributed by atoms with van der Waals surface area (Å²) in [5, 5.41) is 18.4. The van der Waals surface area contributed by atoms with Crippen molar-refractivity contribution in [2.24, 2.45) is 0 Å². The van der Waals surface area contributed by atoms with Crippen molar-refractivity contribution in [1.82, 2.24) is 0 Å². The van der Waals surface area contributed by atoms with Gasteiger partial charge in [0.15, 0.2) is 0 Å². The number of aliphatic hydroxyl groups is 2. The fourth-order valence-corrected chi connectivity index (χ4v) is 2.25. The zero-order chi connectivity index (χ0) is 12.8. The maximum atomic E-state index is 9.53. The van der Waals surface area contributed by atoms with E-state index in [1.807, 2.05) is 0 Å². The normalized spacial score (nSPS) is 14.6. The van der Waals surface area contributed by atoms with Gasteiger partial charge in [0.2, 0.25) is 0 Å². The van der Waals surface area contributed by atoms with Crippen molar-refractivity contribution in [2.75, 3.05) is 6.61 Å². The van der Waals surface area contributed by atoms with Crippen molar-refractivity contribution in [3.05, 3.63) is 34.9 Å². The van der Waals surface area contributed by atoms with Crippen LogP contribution in [0.5, 0.6) is 0 Å². The van der Waals surface area contributed by atoms with Crippen molar-refractivity contribution in [3.63, 3.8) is 0 Å². The third-order valence-electron chi connectivity index (χ3n) is 3.37. The van der Waals surface area contributed by atoms with Crippen molar-refractivity contribution >= 4 is 0 Å². The van der Waals surface area contributed by atoms with Crippen LogP contribution in [0.4, 0.5) is 0 Å². The van der Waals surface area contributed by atoms with Gasteiger partial charge in [-0.15, -0.1) is 0 Å². The Hall–Kier alpha value is -0.860. The lowest BCUT2D eigenvalue weighted by molar-refractivity contribution is 0.0834. The van der Waals surface area contributed by atoms with Crippen LogP contribution in [0.25, 0.3) is 0 Å². The monoisotopic (exact) mass is 236 g/mol. The van der Waals surface area contributed by atoms with Gasteiger partial charge in [-0.05, 0) is 41.9 Å². The molecule has 0 aliphatic rings. The summed E-state index contributed by atoms with van der Waals surface area (Å²) in [7, 11) is 0. The number of aliphatic hydroxyl groups excluding tert-OH is 2. The van der Waals surface area contributed by atoms with Gasteiger partial charge in [-0.2, -0.15) is 0 Å². The molecular formula is C15H24O2. The predicted octanol–water partition coefficient (Wildman–Crippen LogP) is 2.66. The molecule has 2 atom stereocenters. The molecule has 2 N–H and O–H groups in total. The van der Waals surface area contributed by atoms with Crippen LogP contribution in [0, 0.1) is 0 Å². The van der Waals surface area contributed by atoms with Gasteiger partial charge < -0.3 is 10.2 Å². The first kappa shape index (κ1) is 14.2. The number of hydrogen-bond acceptors (Lipinski definition) is 2. The van der Waals surface area contributed by atoms with E-state index in [-0.39, 0.29) is 6.61 Å². The summed E-state index contributed by atoms with van der Waals surface area (Å²) in [6.07, 6.45) is 2.06. The molecule has 0 amide bonds. The predicted molar refractivity (Wildman–Crippen MR) is 71.3 cm³/mol. The Balaban J connectivity index is 2.92. The molecule has 0 saturated heterocycles. The van der Waals surface area contributed by atoms with Crippen LogP contribution >= 0.6 is 0 Å². The molecule has 1 rings (SSSR count). The Bertz CT molecular complexity index is 347. The van der Waals surface area contributed by atoms with E-state index in [1.54, 1.807) is 0 Å². The molecule has 0 radical (unpaired) electrons. The molecular weight excluding hydrogens is 212 g/mol. The van der Waals surface area contributed by atoms with Gasteiger partial charge >= 0.3 is 0 Å². The van der Waals surface area contributed by atoms with Crippen LogP contribution in [0.3, 0.4) is 0 Å². The Kier molecular flexibility index (Phi) is 5.66. The standard InChI is InChI=1S/C15H24O2/c1-4-12-6-7-13(5-2)15(9-12)11(3)8-14(17)10-16/h6-7,9,11,14,16-17H,4-5,8,10H2,1-3H3. The summed E-state index contributed by atoms with van der Waals surface area (Å²) in [4.78, 5) is 0. The van der Waals surface area contributed by atoms with E-state index in [1.165, 1.54) is 16.7 Å². The Labute approximate surface area is 104 Å². The van der Waals surface area contributed by atoms with Gasteiger partial charge in [0, 0.05) is 0 Å². The summed E-state index contributed by atoms with van der Waals surface area (Å²) in [5.41, 5.74) is 4.00. The van der Waals surface area contributed by atoms with E-state index < -0.39 is 6.10 Å². The third-order valence-corrected chi connectivity index (χ3v) is 3.37. The molecule has 2 unspecified atom stereocenters. The second-order valence-corrected chi connectivity index (χ2v) is 4.71. The second-order valence-electron chi connectivity index (χ2n) is 4.71. The van der Waals surface area contributed by atoms with Gasteiger partial charge in [-0.1, -0.05) is 39.0 Å². The van der Waals surface area contributed by atoms with E-state index >= 15 is 0 Å². The van der Waals surface area contributed by atoms with Gasteiger partial charge in [-0.3, -0.25) is 0 Å². The van der Waals surface area contributed by atoms with Crippen LogP contribution in [0.1, 0.15) is 49.8 Å². The summed E-state index contributed by atoms with van der Waals surface area (Å²) >= 11 is 0. The third kappa shape index (κ3) is 3.83. The van der Waals surface area contributed by atoms with Crippen molar-refractivity contribution in [1.29, 1.82) is 0 Å². The zero-order valence-corrected chi connectivity index (χ0v) is 11.1. The zero-order valence-electron chi connectivity index (χ0n) is 11.1. The lowest BCUT2D eigenvalue weighted by atomic mass is 9.88. The van der Waals surface area contributed by atoms with Crippen LogP contribution < -0.4 is 0 Å². The molecule has 2 nitrogen and oxygen atoms in total. The molecule has 2 heteroatoms. The maximum absolute atomic E-state index is 9.53. The fraction of sp³-hybridized carbons (Fsp3) is 0.600. The fourth-order valence-electron chi connectivity index (χ4n) is 2.25. The smallest absolute Gasteiger partial charge is 0.0776 e. The lowest BCUT2D eigenvalue weighted by Crippen LogP contribution is -2.15. The molecule has 96 valence electrons. The van der Waals surface area contributed by atoms with Crippen LogP contribution in [0.15, 0.2) is 18.2 Å². The van der Waals surface area contributed by atoms with Crippen molar-refractivity contribution in [3.8, 4) is 0 Å². The molecule has 17 heavy (non-hydrogen) atoms. The number of benzene rings is 1. The first-order valence-electron chi connectivity index (χ1n) is 6.52. The average Bonchev–Trinajstić information content (AvgIpc) is 2.37. The van der Waals surface area contributed by atoms with E-state index in [0.717, 1.165) is 12.8 Å². The SMILES string of the molecule is CCc1ccc(CC)c(C(C)CC(O)CO)c1. The first-order chi connectivity index (χ1) is 8.12. The van der Waals surface area contributed by atoms with Crippen LogP contribution in [-0.4, -0.2) is 22.9 Å². The Morgan fingerprint density at radius 3 is 2.41 bits per heavy atom. The van der Waals surface area contributed by atoms with Gasteiger partial charge in [0.05, 0.1) is 12.7 Å². The van der Waals surface area contributed by atoms with Crippen molar-refractivity contribution < 1.29 is 10.2 Å². The Morgan fingerprint density at radius 2 is 1.88 bits per heavy atom. The molecule has 0 saturated carbocycles. The molecule has 0 aliphatic carbocycles. The molecule has 1 aromatic rings. The minimum Gasteiger partial charge on any atom is -0.394 e. The molecule has 0 heterocycles. The van der Waals surface area contributed by atoms with E-state index in [4.69, 9.17) is 5.11 Å². The minimum atomic E-state index is -0.611. The highest BCUT2D eigenvalue weighted by molar-refractivity contribution is 5.34. The van der Waals surface area contributed by atoms with Gasteiger partial charge in [0.1, 0.15) is 0 Å². The molecule has 0 bridgehead atoms. The van der Waals surface area contributed by atoms with E-state index in [9.17, 15) is 5.11 Å². The first-order valence-corrected chi connectivity index (χ1v) is 6.52. The molecule has 0 spiro atoms. The average molecular weight is 236 g/mol. The maximum Gasteiger partial charge on any atom is 0.0776 e. The highest BCUT2D eigenvalue weighted by Gasteiger charge is 2.14. The summed E-state index contributed by atoms with van der Waals surface area (Å²) < 4.78 is 0. The number of aryl methyl sites for hydroxylation is 2. The Morgan fingerprint density at radius 1 is 1.18 bits per heavy atom. The molecule has 0 aliphatic heterocycles. The summed E-state index contributed by atoms with van der Waals surface area (Å²) in [6, 6.07) is 6.61. The number of hydrogen-bond donors (Lipinski definition) is 2. The van der Waals surface area contributed by atoms with Gasteiger partial charge in [0.25, 0.3) is 0 Å². The highest BCUT2D eigenvalue weighted by Crippen LogP contribution is 2.26. The summed E-state index contributed by atoms with van der Waals surface area (Å²) in [6.45, 7) is 6.27. The van der Waals surface area contributed by atoms with E-state index in [2.05, 4.69) is 39.0 Å². The quantitative estimate of drug-likeness (QED) is 0.797. The van der Waals surface area contributed by atoms with E-state index in [0.29, 0.717) is 12.3 Å². The molecule has 1 aromatic carbocycles. The minimum absolute atomic E-state index is 0.154. The topological polar surface area (TPSA) is 40.5 Å². The van der Waals surface area contributed by atoms with Gasteiger partial charge in [-0.25, -0.2) is 0 Å². The summed E-state index contributed by atoms with van der Waals surface area (Å²) in [5.74, 6) is 0.290. The number of rotatable bonds is 6. The molecule has 0 aromatic heterocycles. The second kappa shape index (κ2) is 6.77.